The molecule has 2 aromatic carbocycles. The monoisotopic (exact) mass is 500 g/mol. The summed E-state index contributed by atoms with van der Waals surface area (Å²) in [6.45, 7) is 2.07. The van der Waals surface area contributed by atoms with Crippen LogP contribution in [0.1, 0.15) is 35.7 Å². The second-order valence-electron chi connectivity index (χ2n) is 8.55. The summed E-state index contributed by atoms with van der Waals surface area (Å²) in [7, 11) is -3.86. The van der Waals surface area contributed by atoms with E-state index in [1.807, 2.05) is 0 Å². The van der Waals surface area contributed by atoms with E-state index in [1.54, 1.807) is 25.1 Å². The zero-order chi connectivity index (χ0) is 24.7. The highest BCUT2D eigenvalue weighted by atomic mass is 32.2. The average molecular weight is 501 g/mol. The van der Waals surface area contributed by atoms with E-state index >= 15 is 0 Å². The first-order valence-corrected chi connectivity index (χ1v) is 12.5. The van der Waals surface area contributed by atoms with Crippen molar-refractivity contribution >= 4 is 21.2 Å². The van der Waals surface area contributed by atoms with Crippen molar-refractivity contribution < 1.29 is 17.2 Å². The van der Waals surface area contributed by atoms with Crippen LogP contribution in [0.3, 0.4) is 0 Å². The molecular weight excluding hydrogens is 478 g/mol. The number of benzene rings is 2. The van der Waals surface area contributed by atoms with E-state index in [9.17, 15) is 22.0 Å². The summed E-state index contributed by atoms with van der Waals surface area (Å²) in [5.41, 5.74) is 0.675. The van der Waals surface area contributed by atoms with E-state index in [0.717, 1.165) is 6.07 Å². The smallest absolute Gasteiger partial charge is 0.281 e. The molecular formula is C23H22F2N6O3S. The van der Waals surface area contributed by atoms with Crippen molar-refractivity contribution in [3.8, 4) is 0 Å². The van der Waals surface area contributed by atoms with Crippen molar-refractivity contribution in [3.05, 3.63) is 81.4 Å². The number of fused-ring (bicyclic) bond motifs is 1. The third-order valence-corrected chi connectivity index (χ3v) is 8.32. The number of rotatable bonds is 5. The van der Waals surface area contributed by atoms with Crippen LogP contribution >= 0.6 is 0 Å². The van der Waals surface area contributed by atoms with E-state index in [1.165, 1.54) is 27.2 Å². The molecule has 0 unspecified atom stereocenters. The van der Waals surface area contributed by atoms with Crippen LogP contribution in [0.25, 0.3) is 11.2 Å². The minimum Gasteiger partial charge on any atom is -0.308 e. The van der Waals surface area contributed by atoms with E-state index in [-0.39, 0.29) is 41.6 Å². The Balaban J connectivity index is 1.39. The molecule has 5 rings (SSSR count). The van der Waals surface area contributed by atoms with Gasteiger partial charge in [0, 0.05) is 24.6 Å². The number of piperidine rings is 1. The van der Waals surface area contributed by atoms with Crippen LogP contribution in [0.2, 0.25) is 0 Å². The van der Waals surface area contributed by atoms with Crippen LogP contribution in [0.5, 0.6) is 0 Å². The number of nitrogens with one attached hydrogen (secondary N) is 1. The van der Waals surface area contributed by atoms with Gasteiger partial charge in [0.1, 0.15) is 17.5 Å². The maximum atomic E-state index is 14.1. The molecule has 1 saturated heterocycles. The number of halogens is 2. The van der Waals surface area contributed by atoms with Gasteiger partial charge in [-0.2, -0.15) is 4.31 Å². The molecule has 0 spiro atoms. The Morgan fingerprint density at radius 3 is 2.60 bits per heavy atom. The Kier molecular flexibility index (Phi) is 5.93. The SMILES string of the molecule is Cc1ccc(F)cc1S(=O)(=O)N1CCC(c2nc3c(nnn3Cc3ccccc3F)c(=O)[nH]2)CC1. The zero-order valence-electron chi connectivity index (χ0n) is 18.8. The summed E-state index contributed by atoms with van der Waals surface area (Å²) >= 11 is 0. The Bertz CT molecular complexity index is 1580. The summed E-state index contributed by atoms with van der Waals surface area (Å²) in [6.07, 6.45) is 0.827. The first-order valence-electron chi connectivity index (χ1n) is 11.1. The van der Waals surface area contributed by atoms with Crippen LogP contribution in [0, 0.1) is 18.6 Å². The number of aryl methyl sites for hydroxylation is 1. The van der Waals surface area contributed by atoms with Gasteiger partial charge in [-0.3, -0.25) is 4.79 Å². The van der Waals surface area contributed by atoms with Crippen LogP contribution < -0.4 is 5.56 Å². The number of aromatic nitrogens is 5. The number of aromatic amines is 1. The van der Waals surface area contributed by atoms with Gasteiger partial charge in [0.05, 0.1) is 11.4 Å². The molecule has 4 aromatic rings. The Labute approximate surface area is 199 Å². The molecule has 3 heterocycles. The third kappa shape index (κ3) is 4.34. The normalized spacial score (nSPS) is 15.6. The molecule has 1 fully saturated rings. The predicted octanol–water partition coefficient (Wildman–Crippen LogP) is 2.72. The first kappa shape index (κ1) is 23.2. The van der Waals surface area contributed by atoms with Gasteiger partial charge in [0.15, 0.2) is 11.2 Å². The summed E-state index contributed by atoms with van der Waals surface area (Å²) in [4.78, 5) is 19.9. The molecule has 0 atom stereocenters. The van der Waals surface area contributed by atoms with Gasteiger partial charge < -0.3 is 4.98 Å². The lowest BCUT2D eigenvalue weighted by molar-refractivity contribution is 0.313. The number of sulfonamides is 1. The zero-order valence-corrected chi connectivity index (χ0v) is 19.6. The van der Waals surface area contributed by atoms with E-state index in [2.05, 4.69) is 20.3 Å². The highest BCUT2D eigenvalue weighted by molar-refractivity contribution is 7.89. The summed E-state index contributed by atoms with van der Waals surface area (Å²) in [5, 5.41) is 7.86. The second kappa shape index (κ2) is 8.93. The summed E-state index contributed by atoms with van der Waals surface area (Å²) < 4.78 is 56.7. The molecule has 0 saturated carbocycles. The van der Waals surface area contributed by atoms with Gasteiger partial charge >= 0.3 is 0 Å². The van der Waals surface area contributed by atoms with Crippen molar-refractivity contribution in [2.45, 2.75) is 37.1 Å². The second-order valence-corrected chi connectivity index (χ2v) is 10.5. The molecule has 9 nitrogen and oxygen atoms in total. The largest absolute Gasteiger partial charge is 0.308 e. The lowest BCUT2D eigenvalue weighted by Crippen LogP contribution is -2.38. The number of nitrogens with zero attached hydrogens (tertiary/aromatic N) is 5. The quantitative estimate of drug-likeness (QED) is 0.451. The molecule has 0 aliphatic carbocycles. The third-order valence-electron chi connectivity index (χ3n) is 6.28. The van der Waals surface area contributed by atoms with Gasteiger partial charge in [-0.15, -0.1) is 5.10 Å². The Morgan fingerprint density at radius 1 is 1.11 bits per heavy atom. The lowest BCUT2D eigenvalue weighted by Gasteiger charge is -2.31. The molecule has 2 aromatic heterocycles. The average Bonchev–Trinajstić information content (AvgIpc) is 3.25. The summed E-state index contributed by atoms with van der Waals surface area (Å²) in [5.74, 6) is -0.814. The summed E-state index contributed by atoms with van der Waals surface area (Å²) in [6, 6.07) is 9.95. The van der Waals surface area contributed by atoms with Crippen molar-refractivity contribution in [1.82, 2.24) is 29.3 Å². The Morgan fingerprint density at radius 2 is 1.86 bits per heavy atom. The topological polar surface area (TPSA) is 114 Å². The van der Waals surface area contributed by atoms with Gasteiger partial charge in [0.2, 0.25) is 10.0 Å². The molecule has 1 aliphatic rings. The minimum atomic E-state index is -3.86. The minimum absolute atomic E-state index is 0.0479. The van der Waals surface area contributed by atoms with Gasteiger partial charge in [-0.05, 0) is 43.5 Å². The van der Waals surface area contributed by atoms with Gasteiger partial charge in [-0.1, -0.05) is 29.5 Å². The molecule has 35 heavy (non-hydrogen) atoms. The van der Waals surface area contributed by atoms with Gasteiger partial charge in [-0.25, -0.2) is 26.9 Å². The fraction of sp³-hybridized carbons (Fsp3) is 0.304. The van der Waals surface area contributed by atoms with Crippen molar-refractivity contribution in [3.63, 3.8) is 0 Å². The molecule has 0 radical (unpaired) electrons. The first-order chi connectivity index (χ1) is 16.7. The molecule has 1 aliphatic heterocycles. The maximum absolute atomic E-state index is 14.1. The molecule has 0 amide bonds. The molecule has 1 N–H and O–H groups in total. The predicted molar refractivity (Wildman–Crippen MR) is 123 cm³/mol. The van der Waals surface area contributed by atoms with Crippen molar-refractivity contribution in [1.29, 1.82) is 0 Å². The highest BCUT2D eigenvalue weighted by Gasteiger charge is 2.32. The molecule has 0 bridgehead atoms. The van der Waals surface area contributed by atoms with E-state index in [4.69, 9.17) is 0 Å². The van der Waals surface area contributed by atoms with Crippen LogP contribution in [0.15, 0.2) is 52.2 Å². The fourth-order valence-corrected chi connectivity index (χ4v) is 6.04. The maximum Gasteiger partial charge on any atom is 0.281 e. The highest BCUT2D eigenvalue weighted by Crippen LogP contribution is 2.30. The van der Waals surface area contributed by atoms with Gasteiger partial charge in [0.25, 0.3) is 5.56 Å². The van der Waals surface area contributed by atoms with Crippen LogP contribution in [0.4, 0.5) is 8.78 Å². The van der Waals surface area contributed by atoms with Crippen LogP contribution in [-0.4, -0.2) is 50.8 Å². The number of H-pyrrole nitrogens is 1. The van der Waals surface area contributed by atoms with E-state index < -0.39 is 27.2 Å². The van der Waals surface area contributed by atoms with Crippen LogP contribution in [-0.2, 0) is 16.6 Å². The van der Waals surface area contributed by atoms with Crippen molar-refractivity contribution in [2.24, 2.45) is 0 Å². The lowest BCUT2D eigenvalue weighted by atomic mass is 9.97. The number of hydrogen-bond acceptors (Lipinski definition) is 6. The Hall–Kier alpha value is -3.51. The van der Waals surface area contributed by atoms with E-state index in [0.29, 0.717) is 29.8 Å². The molecule has 12 heteroatoms. The fourth-order valence-electron chi connectivity index (χ4n) is 4.33. The number of hydrogen-bond donors (Lipinski definition) is 1. The van der Waals surface area contributed by atoms with Crippen molar-refractivity contribution in [2.75, 3.05) is 13.1 Å². The molecule has 182 valence electrons. The standard InChI is InChI=1S/C23H22F2N6O3S/c1-14-6-7-17(24)12-19(14)35(33,34)30-10-8-15(9-11-30)21-26-22-20(23(32)27-21)28-29-31(22)13-16-4-2-3-5-18(16)25/h2-7,12,15H,8-11,13H2,1H3,(H,26,27,32).